The molecule has 1 heterocycles. The molecule has 0 aliphatic heterocycles. The van der Waals surface area contributed by atoms with Gasteiger partial charge in [0, 0.05) is 36.6 Å². The molecule has 164 valence electrons. The summed E-state index contributed by atoms with van der Waals surface area (Å²) in [5.41, 5.74) is 3.34. The van der Waals surface area contributed by atoms with Gasteiger partial charge >= 0.3 is 5.97 Å². The number of para-hydroxylation sites is 1. The smallest absolute Gasteiger partial charge is 0.323 e. The highest BCUT2D eigenvalue weighted by Crippen LogP contribution is 2.23. The second kappa shape index (κ2) is 10.7. The third kappa shape index (κ3) is 5.87. The van der Waals surface area contributed by atoms with Crippen molar-refractivity contribution in [3.8, 4) is 5.75 Å². The van der Waals surface area contributed by atoms with Crippen LogP contribution in [0.1, 0.15) is 30.9 Å². The van der Waals surface area contributed by atoms with Gasteiger partial charge < -0.3 is 19.3 Å². The van der Waals surface area contributed by atoms with Crippen molar-refractivity contribution in [3.05, 3.63) is 65.9 Å². The number of amides is 1. The summed E-state index contributed by atoms with van der Waals surface area (Å²) in [5.74, 6) is -0.365. The maximum Gasteiger partial charge on any atom is 0.323 e. The van der Waals surface area contributed by atoms with Gasteiger partial charge in [0.2, 0.25) is 5.91 Å². The number of ether oxygens (including phenoxy) is 1. The van der Waals surface area contributed by atoms with Gasteiger partial charge in [0.05, 0.1) is 7.11 Å². The van der Waals surface area contributed by atoms with Gasteiger partial charge in [0.15, 0.2) is 0 Å². The number of fused-ring (bicyclic) bond motifs is 1. The Hall–Kier alpha value is -3.28. The van der Waals surface area contributed by atoms with Crippen molar-refractivity contribution < 1.29 is 19.4 Å². The molecule has 0 aliphatic rings. The molecule has 0 atom stereocenters. The Balaban J connectivity index is 1.66. The van der Waals surface area contributed by atoms with E-state index in [1.807, 2.05) is 36.4 Å². The minimum atomic E-state index is -0.998. The van der Waals surface area contributed by atoms with Crippen molar-refractivity contribution in [1.82, 2.24) is 9.47 Å². The molecule has 1 N–H and O–H groups in total. The Morgan fingerprint density at radius 3 is 2.48 bits per heavy atom. The zero-order valence-electron chi connectivity index (χ0n) is 18.2. The molecule has 0 aliphatic carbocycles. The fraction of sp³-hybridized carbons (Fsp3) is 0.360. The zero-order chi connectivity index (χ0) is 22.2. The molecule has 6 heteroatoms. The van der Waals surface area contributed by atoms with Crippen LogP contribution in [0, 0.1) is 0 Å². The predicted molar refractivity (Wildman–Crippen MR) is 121 cm³/mol. The summed E-state index contributed by atoms with van der Waals surface area (Å²) in [6.45, 7) is 3.16. The molecule has 6 nitrogen and oxygen atoms in total. The van der Waals surface area contributed by atoms with Gasteiger partial charge in [-0.25, -0.2) is 0 Å². The standard InChI is InChI=1S/C25H30N2O4/c1-3-15-26-17-20(22-6-4-5-7-23(22)26)10-13-24(28)27(18-25(29)30)16-14-19-8-11-21(31-2)12-9-19/h4-9,11-12,17H,3,10,13-16,18H2,1-2H3,(H,29,30). The normalized spacial score (nSPS) is 10.9. The number of benzene rings is 2. The van der Waals surface area contributed by atoms with Crippen LogP contribution in [0.3, 0.4) is 0 Å². The molecular weight excluding hydrogens is 392 g/mol. The number of aromatic nitrogens is 1. The molecule has 1 amide bonds. The van der Waals surface area contributed by atoms with Crippen molar-refractivity contribution in [2.75, 3.05) is 20.2 Å². The van der Waals surface area contributed by atoms with E-state index in [0.29, 0.717) is 19.4 Å². The van der Waals surface area contributed by atoms with Crippen molar-refractivity contribution in [2.24, 2.45) is 0 Å². The molecule has 31 heavy (non-hydrogen) atoms. The Morgan fingerprint density at radius 1 is 1.06 bits per heavy atom. The van der Waals surface area contributed by atoms with E-state index in [0.717, 1.165) is 35.2 Å². The van der Waals surface area contributed by atoms with Crippen LogP contribution in [-0.2, 0) is 29.0 Å². The van der Waals surface area contributed by atoms with E-state index in [1.165, 1.54) is 10.4 Å². The number of hydrogen-bond donors (Lipinski definition) is 1. The van der Waals surface area contributed by atoms with E-state index >= 15 is 0 Å². The van der Waals surface area contributed by atoms with Crippen LogP contribution in [0.4, 0.5) is 0 Å². The maximum absolute atomic E-state index is 12.9. The predicted octanol–water partition coefficient (Wildman–Crippen LogP) is 4.15. The fourth-order valence-electron chi connectivity index (χ4n) is 3.86. The molecule has 0 saturated carbocycles. The summed E-state index contributed by atoms with van der Waals surface area (Å²) in [6.07, 6.45) is 4.64. The monoisotopic (exact) mass is 422 g/mol. The Morgan fingerprint density at radius 2 is 1.81 bits per heavy atom. The van der Waals surface area contributed by atoms with Gasteiger partial charge in [-0.1, -0.05) is 37.3 Å². The summed E-state index contributed by atoms with van der Waals surface area (Å²) >= 11 is 0. The lowest BCUT2D eigenvalue weighted by Crippen LogP contribution is -2.37. The zero-order valence-corrected chi connectivity index (χ0v) is 18.2. The van der Waals surface area contributed by atoms with Crippen LogP contribution in [-0.4, -0.2) is 46.6 Å². The topological polar surface area (TPSA) is 71.8 Å². The number of aliphatic carboxylic acids is 1. The largest absolute Gasteiger partial charge is 0.497 e. The first-order chi connectivity index (χ1) is 15.0. The first-order valence-corrected chi connectivity index (χ1v) is 10.7. The molecule has 0 unspecified atom stereocenters. The third-order valence-electron chi connectivity index (χ3n) is 5.45. The number of carbonyl (C=O) groups is 2. The van der Waals surface area contributed by atoms with Crippen LogP contribution in [0.15, 0.2) is 54.7 Å². The highest BCUT2D eigenvalue weighted by atomic mass is 16.5. The molecule has 2 aromatic carbocycles. The van der Waals surface area contributed by atoms with Gasteiger partial charge in [-0.3, -0.25) is 9.59 Å². The Labute approximate surface area is 183 Å². The van der Waals surface area contributed by atoms with Crippen LogP contribution in [0.2, 0.25) is 0 Å². The molecular formula is C25H30N2O4. The number of carboxylic acid groups (broad SMARTS) is 1. The third-order valence-corrected chi connectivity index (χ3v) is 5.45. The number of rotatable bonds is 11. The van der Waals surface area contributed by atoms with E-state index < -0.39 is 5.97 Å². The van der Waals surface area contributed by atoms with Gasteiger partial charge in [-0.2, -0.15) is 0 Å². The molecule has 1 aromatic heterocycles. The number of carboxylic acids is 1. The summed E-state index contributed by atoms with van der Waals surface area (Å²) in [7, 11) is 1.61. The summed E-state index contributed by atoms with van der Waals surface area (Å²) < 4.78 is 7.39. The molecule has 0 fully saturated rings. The number of methoxy groups -OCH3 is 1. The van der Waals surface area contributed by atoms with E-state index in [1.54, 1.807) is 7.11 Å². The average Bonchev–Trinajstić information content (AvgIpc) is 3.13. The molecule has 0 radical (unpaired) electrons. The molecule has 3 rings (SSSR count). The van der Waals surface area contributed by atoms with Crippen molar-refractivity contribution >= 4 is 22.8 Å². The molecule has 3 aromatic rings. The number of hydrogen-bond acceptors (Lipinski definition) is 3. The van der Waals surface area contributed by atoms with Gasteiger partial charge in [0.1, 0.15) is 12.3 Å². The summed E-state index contributed by atoms with van der Waals surface area (Å²) in [6, 6.07) is 15.8. The van der Waals surface area contributed by atoms with E-state index in [2.05, 4.69) is 29.8 Å². The number of nitrogens with zero attached hydrogens (tertiary/aromatic N) is 2. The quantitative estimate of drug-likeness (QED) is 0.504. The van der Waals surface area contributed by atoms with Gasteiger partial charge in [-0.05, 0) is 48.6 Å². The second-order valence-electron chi connectivity index (χ2n) is 7.67. The lowest BCUT2D eigenvalue weighted by molar-refractivity contribution is -0.144. The summed E-state index contributed by atoms with van der Waals surface area (Å²) in [4.78, 5) is 25.6. The average molecular weight is 423 g/mol. The van der Waals surface area contributed by atoms with Crippen LogP contribution in [0.25, 0.3) is 10.9 Å². The van der Waals surface area contributed by atoms with E-state index in [4.69, 9.17) is 4.74 Å². The van der Waals surface area contributed by atoms with Gasteiger partial charge in [-0.15, -0.1) is 0 Å². The first kappa shape index (κ1) is 22.4. The van der Waals surface area contributed by atoms with Crippen LogP contribution in [0.5, 0.6) is 5.75 Å². The SMILES string of the molecule is CCCn1cc(CCC(=O)N(CCc2ccc(OC)cc2)CC(=O)O)c2ccccc21. The lowest BCUT2D eigenvalue weighted by Gasteiger charge is -2.21. The maximum atomic E-state index is 12.9. The molecule has 0 spiro atoms. The van der Waals surface area contributed by atoms with E-state index in [9.17, 15) is 14.7 Å². The van der Waals surface area contributed by atoms with Crippen LogP contribution >= 0.6 is 0 Å². The highest BCUT2D eigenvalue weighted by molar-refractivity contribution is 5.85. The number of aryl methyl sites for hydroxylation is 2. The van der Waals surface area contributed by atoms with Crippen molar-refractivity contribution in [3.63, 3.8) is 0 Å². The number of carbonyl (C=O) groups excluding carboxylic acids is 1. The molecule has 0 bridgehead atoms. The first-order valence-electron chi connectivity index (χ1n) is 10.7. The Kier molecular flexibility index (Phi) is 7.70. The van der Waals surface area contributed by atoms with E-state index in [-0.39, 0.29) is 18.9 Å². The Bertz CT molecular complexity index is 1020. The van der Waals surface area contributed by atoms with Crippen molar-refractivity contribution in [1.29, 1.82) is 0 Å². The van der Waals surface area contributed by atoms with Crippen LogP contribution < -0.4 is 4.74 Å². The fourth-order valence-corrected chi connectivity index (χ4v) is 3.86. The van der Waals surface area contributed by atoms with Gasteiger partial charge in [0.25, 0.3) is 0 Å². The summed E-state index contributed by atoms with van der Waals surface area (Å²) in [5, 5.41) is 10.4. The second-order valence-corrected chi connectivity index (χ2v) is 7.67. The molecule has 0 saturated heterocycles. The minimum Gasteiger partial charge on any atom is -0.497 e. The highest BCUT2D eigenvalue weighted by Gasteiger charge is 2.18. The lowest BCUT2D eigenvalue weighted by atomic mass is 10.1. The minimum absolute atomic E-state index is 0.136. The van der Waals surface area contributed by atoms with Crippen molar-refractivity contribution in [2.45, 2.75) is 39.2 Å².